The number of aryl methyl sites for hydroxylation is 1. The van der Waals surface area contributed by atoms with Gasteiger partial charge in [0.05, 0.1) is 29.6 Å². The summed E-state index contributed by atoms with van der Waals surface area (Å²) in [5.74, 6) is 0.304. The first-order valence-corrected chi connectivity index (χ1v) is 7.33. The summed E-state index contributed by atoms with van der Waals surface area (Å²) >= 11 is 0. The van der Waals surface area contributed by atoms with Gasteiger partial charge in [0.2, 0.25) is 0 Å². The van der Waals surface area contributed by atoms with Crippen molar-refractivity contribution in [3.8, 4) is 17.2 Å². The lowest BCUT2D eigenvalue weighted by atomic mass is 9.93. The molecule has 3 rings (SSSR count). The molecule has 2 aromatic carbocycles. The second-order valence-electron chi connectivity index (χ2n) is 5.60. The van der Waals surface area contributed by atoms with Crippen LogP contribution in [0.1, 0.15) is 30.0 Å². The predicted octanol–water partition coefficient (Wildman–Crippen LogP) is 3.80. The Kier molecular flexibility index (Phi) is 3.85. The van der Waals surface area contributed by atoms with E-state index in [2.05, 4.69) is 9.97 Å². The highest BCUT2D eigenvalue weighted by molar-refractivity contribution is 5.83. The molecule has 3 aromatic rings. The van der Waals surface area contributed by atoms with Crippen LogP contribution in [0.2, 0.25) is 0 Å². The van der Waals surface area contributed by atoms with Crippen LogP contribution < -0.4 is 0 Å². The van der Waals surface area contributed by atoms with Crippen molar-refractivity contribution in [1.82, 2.24) is 9.97 Å². The number of aliphatic hydroxyl groups is 1. The molecule has 0 saturated carbocycles. The first kappa shape index (κ1) is 15.2. The Bertz CT molecular complexity index is 922. The Morgan fingerprint density at radius 1 is 1.35 bits per heavy atom. The summed E-state index contributed by atoms with van der Waals surface area (Å²) in [5.41, 5.74) is 3.86. The molecule has 0 aliphatic heterocycles. The zero-order chi connectivity index (χ0) is 16.6. The van der Waals surface area contributed by atoms with E-state index in [1.807, 2.05) is 31.2 Å². The Balaban J connectivity index is 2.24. The summed E-state index contributed by atoms with van der Waals surface area (Å²) in [6.07, 6.45) is -0.828. The summed E-state index contributed by atoms with van der Waals surface area (Å²) < 4.78 is 14.4. The van der Waals surface area contributed by atoms with E-state index < -0.39 is 11.9 Å². The van der Waals surface area contributed by atoms with Gasteiger partial charge in [-0.05, 0) is 54.8 Å². The highest BCUT2D eigenvalue weighted by Gasteiger charge is 2.17. The zero-order valence-corrected chi connectivity index (χ0v) is 12.9. The maximum absolute atomic E-state index is 14.4. The zero-order valence-electron chi connectivity index (χ0n) is 12.9. The number of halogens is 1. The molecule has 1 unspecified atom stereocenters. The minimum atomic E-state index is -0.947. The normalized spacial score (nSPS) is 12.3. The molecule has 1 atom stereocenters. The van der Waals surface area contributed by atoms with Crippen LogP contribution in [0.3, 0.4) is 0 Å². The van der Waals surface area contributed by atoms with Crippen LogP contribution >= 0.6 is 0 Å². The Morgan fingerprint density at radius 2 is 2.13 bits per heavy atom. The molecule has 0 aliphatic carbocycles. The van der Waals surface area contributed by atoms with Crippen LogP contribution in [0.25, 0.3) is 22.2 Å². The van der Waals surface area contributed by atoms with Gasteiger partial charge in [0.1, 0.15) is 11.6 Å². The van der Waals surface area contributed by atoms with E-state index in [0.717, 1.165) is 22.4 Å². The van der Waals surface area contributed by atoms with Crippen molar-refractivity contribution in [2.45, 2.75) is 26.4 Å². The van der Waals surface area contributed by atoms with Gasteiger partial charge in [-0.15, -0.1) is 0 Å². The van der Waals surface area contributed by atoms with Crippen molar-refractivity contribution in [2.24, 2.45) is 0 Å². The second kappa shape index (κ2) is 5.82. The quantitative estimate of drug-likeness (QED) is 0.773. The van der Waals surface area contributed by atoms with Crippen molar-refractivity contribution in [3.05, 3.63) is 53.1 Å². The maximum Gasteiger partial charge on any atom is 0.129 e. The highest BCUT2D eigenvalue weighted by Crippen LogP contribution is 2.33. The molecule has 0 spiro atoms. The standard InChI is InChI=1S/C18H16FN3O/c1-10(23)18-14(7-12(5-6-20)8-15(18)19)13-3-4-16-17(9-13)22-11(2)21-16/h3-4,7-10,23H,5H2,1-2H3,(H,21,22). The van der Waals surface area contributed by atoms with Crippen molar-refractivity contribution in [3.63, 3.8) is 0 Å². The lowest BCUT2D eigenvalue weighted by Gasteiger charge is -2.15. The first-order chi connectivity index (χ1) is 11.0. The minimum absolute atomic E-state index is 0.119. The summed E-state index contributed by atoms with van der Waals surface area (Å²) in [6.45, 7) is 3.40. The fraction of sp³-hybridized carbons (Fsp3) is 0.222. The van der Waals surface area contributed by atoms with E-state index >= 15 is 0 Å². The Hall–Kier alpha value is -2.71. The van der Waals surface area contributed by atoms with Gasteiger partial charge in [0.15, 0.2) is 0 Å². The summed E-state index contributed by atoms with van der Waals surface area (Å²) in [4.78, 5) is 7.53. The van der Waals surface area contributed by atoms with E-state index in [-0.39, 0.29) is 12.0 Å². The number of nitriles is 1. The van der Waals surface area contributed by atoms with Gasteiger partial charge in [-0.3, -0.25) is 0 Å². The Morgan fingerprint density at radius 3 is 2.83 bits per heavy atom. The Labute approximate surface area is 133 Å². The van der Waals surface area contributed by atoms with Crippen LogP contribution in [-0.2, 0) is 6.42 Å². The van der Waals surface area contributed by atoms with Gasteiger partial charge in [0, 0.05) is 5.56 Å². The molecule has 0 saturated heterocycles. The summed E-state index contributed by atoms with van der Waals surface area (Å²) in [5, 5.41) is 18.8. The number of nitrogens with zero attached hydrogens (tertiary/aromatic N) is 2. The van der Waals surface area contributed by atoms with Gasteiger partial charge in [0.25, 0.3) is 0 Å². The molecule has 1 heterocycles. The number of rotatable bonds is 3. The second-order valence-corrected chi connectivity index (χ2v) is 5.60. The minimum Gasteiger partial charge on any atom is -0.389 e. The number of H-pyrrole nitrogens is 1. The third-order valence-electron chi connectivity index (χ3n) is 3.80. The average Bonchev–Trinajstić information content (AvgIpc) is 2.85. The number of hydrogen-bond acceptors (Lipinski definition) is 3. The van der Waals surface area contributed by atoms with Crippen LogP contribution in [0.5, 0.6) is 0 Å². The van der Waals surface area contributed by atoms with E-state index in [0.29, 0.717) is 11.1 Å². The van der Waals surface area contributed by atoms with Crippen molar-refractivity contribution < 1.29 is 9.50 Å². The molecule has 5 heteroatoms. The largest absolute Gasteiger partial charge is 0.389 e. The van der Waals surface area contributed by atoms with Crippen molar-refractivity contribution in [2.75, 3.05) is 0 Å². The average molecular weight is 309 g/mol. The lowest BCUT2D eigenvalue weighted by Crippen LogP contribution is -2.01. The number of imidazole rings is 1. The third-order valence-corrected chi connectivity index (χ3v) is 3.80. The van der Waals surface area contributed by atoms with E-state index in [1.165, 1.54) is 13.0 Å². The summed E-state index contributed by atoms with van der Waals surface area (Å²) in [6, 6.07) is 10.7. The number of fused-ring (bicyclic) bond motifs is 1. The molecular weight excluding hydrogens is 293 g/mol. The van der Waals surface area contributed by atoms with Gasteiger partial charge < -0.3 is 10.1 Å². The molecule has 116 valence electrons. The molecular formula is C18H16FN3O. The molecule has 0 fully saturated rings. The van der Waals surface area contributed by atoms with Crippen LogP contribution in [0.4, 0.5) is 4.39 Å². The van der Waals surface area contributed by atoms with Crippen LogP contribution in [0.15, 0.2) is 30.3 Å². The monoisotopic (exact) mass is 309 g/mol. The molecule has 0 bridgehead atoms. The number of aromatic nitrogens is 2. The number of benzene rings is 2. The predicted molar refractivity (Wildman–Crippen MR) is 86.2 cm³/mol. The van der Waals surface area contributed by atoms with Crippen molar-refractivity contribution in [1.29, 1.82) is 5.26 Å². The topological polar surface area (TPSA) is 72.7 Å². The summed E-state index contributed by atoms with van der Waals surface area (Å²) in [7, 11) is 0. The van der Waals surface area contributed by atoms with Gasteiger partial charge >= 0.3 is 0 Å². The van der Waals surface area contributed by atoms with E-state index in [4.69, 9.17) is 5.26 Å². The maximum atomic E-state index is 14.4. The molecule has 4 nitrogen and oxygen atoms in total. The fourth-order valence-electron chi connectivity index (χ4n) is 2.83. The molecule has 0 radical (unpaired) electrons. The van der Waals surface area contributed by atoms with E-state index in [1.54, 1.807) is 6.07 Å². The molecule has 0 aliphatic rings. The number of nitrogens with one attached hydrogen (secondary N) is 1. The van der Waals surface area contributed by atoms with Crippen LogP contribution in [0, 0.1) is 24.1 Å². The SMILES string of the molecule is Cc1nc2cc(-c3cc(CC#N)cc(F)c3C(C)O)ccc2[nH]1. The van der Waals surface area contributed by atoms with Gasteiger partial charge in [-0.2, -0.15) is 5.26 Å². The molecule has 23 heavy (non-hydrogen) atoms. The molecule has 2 N–H and O–H groups in total. The number of hydrogen-bond donors (Lipinski definition) is 2. The highest BCUT2D eigenvalue weighted by atomic mass is 19.1. The van der Waals surface area contributed by atoms with Gasteiger partial charge in [-0.1, -0.05) is 6.07 Å². The lowest BCUT2D eigenvalue weighted by molar-refractivity contribution is 0.195. The smallest absolute Gasteiger partial charge is 0.129 e. The fourth-order valence-corrected chi connectivity index (χ4v) is 2.83. The van der Waals surface area contributed by atoms with Crippen molar-refractivity contribution >= 4 is 11.0 Å². The van der Waals surface area contributed by atoms with Gasteiger partial charge in [-0.25, -0.2) is 9.37 Å². The number of aliphatic hydroxyl groups excluding tert-OH is 1. The molecule has 0 amide bonds. The first-order valence-electron chi connectivity index (χ1n) is 7.33. The van der Waals surface area contributed by atoms with Crippen LogP contribution in [-0.4, -0.2) is 15.1 Å². The third kappa shape index (κ3) is 2.81. The number of aromatic amines is 1. The van der Waals surface area contributed by atoms with E-state index in [9.17, 15) is 9.50 Å². The molecule has 1 aromatic heterocycles.